The molecule has 0 aliphatic heterocycles. The van der Waals surface area contributed by atoms with Crippen LogP contribution >= 0.6 is 0 Å². The van der Waals surface area contributed by atoms with Gasteiger partial charge in [-0.2, -0.15) is 0 Å². The lowest BCUT2D eigenvalue weighted by Crippen LogP contribution is -2.11. The Bertz CT molecular complexity index is 156. The van der Waals surface area contributed by atoms with E-state index in [0.29, 0.717) is 0 Å². The first-order chi connectivity index (χ1) is 5.29. The third-order valence-electron chi connectivity index (χ3n) is 1.02. The summed E-state index contributed by atoms with van der Waals surface area (Å²) in [4.78, 5) is 9.14. The summed E-state index contributed by atoms with van der Waals surface area (Å²) in [6.07, 6.45) is 3.59. The van der Waals surface area contributed by atoms with E-state index in [9.17, 15) is 0 Å². The van der Waals surface area contributed by atoms with Crippen molar-refractivity contribution in [1.29, 1.82) is 0 Å². The average molecular weight is 155 g/mol. The summed E-state index contributed by atoms with van der Waals surface area (Å²) in [6, 6.07) is 0. The number of rotatable bonds is 2. The van der Waals surface area contributed by atoms with Crippen LogP contribution in [0.1, 0.15) is 19.7 Å². The Labute approximate surface area is 68.5 Å². The molecule has 0 atom stereocenters. The van der Waals surface area contributed by atoms with Gasteiger partial charge in [-0.1, -0.05) is 13.8 Å². The molecule has 0 spiro atoms. The molecule has 1 N–H and O–H groups in total. The molecular weight excluding hydrogens is 138 g/mol. The summed E-state index contributed by atoms with van der Waals surface area (Å²) in [6.45, 7) is 4.88. The van der Waals surface area contributed by atoms with Crippen molar-refractivity contribution < 1.29 is 0 Å². The van der Waals surface area contributed by atoms with E-state index in [1.165, 1.54) is 0 Å². The van der Waals surface area contributed by atoms with E-state index in [1.54, 1.807) is 6.20 Å². The lowest BCUT2D eigenvalue weighted by Gasteiger charge is -2.04. The predicted molar refractivity (Wildman–Crippen MR) is 47.3 cm³/mol. The number of aromatic amines is 1. The molecule has 0 fully saturated rings. The van der Waals surface area contributed by atoms with Crippen molar-refractivity contribution in [2.75, 3.05) is 14.1 Å². The molecular formula is C8H17N3. The quantitative estimate of drug-likeness (QED) is 0.701. The van der Waals surface area contributed by atoms with Crippen molar-refractivity contribution >= 4 is 0 Å². The average Bonchev–Trinajstić information content (AvgIpc) is 2.43. The van der Waals surface area contributed by atoms with Crippen LogP contribution in [0, 0.1) is 0 Å². The molecule has 1 heterocycles. The van der Waals surface area contributed by atoms with Crippen LogP contribution in [-0.4, -0.2) is 29.0 Å². The lowest BCUT2D eigenvalue weighted by atomic mass is 10.6. The van der Waals surface area contributed by atoms with Gasteiger partial charge in [0.1, 0.15) is 5.82 Å². The van der Waals surface area contributed by atoms with E-state index in [1.807, 2.05) is 34.1 Å². The molecule has 3 nitrogen and oxygen atoms in total. The summed E-state index contributed by atoms with van der Waals surface area (Å²) in [5.74, 6) is 1.01. The Morgan fingerprint density at radius 2 is 2.09 bits per heavy atom. The van der Waals surface area contributed by atoms with Gasteiger partial charge in [0.2, 0.25) is 0 Å². The van der Waals surface area contributed by atoms with E-state index in [2.05, 4.69) is 14.9 Å². The maximum Gasteiger partial charge on any atom is 0.120 e. The molecule has 0 aliphatic carbocycles. The molecule has 0 aliphatic rings. The van der Waals surface area contributed by atoms with E-state index in [0.717, 1.165) is 12.4 Å². The summed E-state index contributed by atoms with van der Waals surface area (Å²) < 4.78 is 0. The molecule has 1 aromatic rings. The van der Waals surface area contributed by atoms with Gasteiger partial charge < -0.3 is 9.88 Å². The van der Waals surface area contributed by atoms with Gasteiger partial charge in [-0.3, -0.25) is 0 Å². The number of hydrogen-bond donors (Lipinski definition) is 1. The molecule has 0 unspecified atom stereocenters. The maximum absolute atomic E-state index is 4.06. The monoisotopic (exact) mass is 155 g/mol. The third-order valence-corrected chi connectivity index (χ3v) is 1.02. The third kappa shape index (κ3) is 4.56. The zero-order valence-corrected chi connectivity index (χ0v) is 7.76. The van der Waals surface area contributed by atoms with E-state index in [4.69, 9.17) is 0 Å². The Morgan fingerprint density at radius 3 is 2.45 bits per heavy atom. The fraction of sp³-hybridized carbons (Fsp3) is 0.625. The van der Waals surface area contributed by atoms with Crippen molar-refractivity contribution in [2.45, 2.75) is 20.4 Å². The molecule has 0 radical (unpaired) electrons. The number of imidazole rings is 1. The first-order valence-electron chi connectivity index (χ1n) is 3.92. The van der Waals surface area contributed by atoms with Crippen LogP contribution in [0.4, 0.5) is 0 Å². The minimum absolute atomic E-state index is 0.882. The second-order valence-corrected chi connectivity index (χ2v) is 2.27. The topological polar surface area (TPSA) is 31.9 Å². The highest BCUT2D eigenvalue weighted by atomic mass is 15.1. The van der Waals surface area contributed by atoms with Crippen LogP contribution < -0.4 is 0 Å². The second-order valence-electron chi connectivity index (χ2n) is 2.27. The Balaban J connectivity index is 0.000000461. The molecule has 0 aromatic carbocycles. The SMILES string of the molecule is CC.CN(C)Cc1ncc[nH]1. The molecule has 0 saturated carbocycles. The maximum atomic E-state index is 4.06. The van der Waals surface area contributed by atoms with Crippen LogP contribution in [-0.2, 0) is 6.54 Å². The van der Waals surface area contributed by atoms with Gasteiger partial charge in [0, 0.05) is 12.4 Å². The zero-order valence-electron chi connectivity index (χ0n) is 7.76. The summed E-state index contributed by atoms with van der Waals surface area (Å²) in [5, 5.41) is 0. The first-order valence-corrected chi connectivity index (χ1v) is 3.92. The van der Waals surface area contributed by atoms with Crippen LogP contribution in [0.15, 0.2) is 12.4 Å². The highest BCUT2D eigenvalue weighted by molar-refractivity contribution is 4.85. The summed E-state index contributed by atoms with van der Waals surface area (Å²) >= 11 is 0. The van der Waals surface area contributed by atoms with E-state index >= 15 is 0 Å². The second kappa shape index (κ2) is 5.92. The molecule has 1 rings (SSSR count). The molecule has 64 valence electrons. The summed E-state index contributed by atoms with van der Waals surface area (Å²) in [5.41, 5.74) is 0. The van der Waals surface area contributed by atoms with Crippen LogP contribution in [0.2, 0.25) is 0 Å². The van der Waals surface area contributed by atoms with E-state index < -0.39 is 0 Å². The predicted octanol–water partition coefficient (Wildman–Crippen LogP) is 1.50. The number of hydrogen-bond acceptors (Lipinski definition) is 2. The Hall–Kier alpha value is -0.830. The number of nitrogens with zero attached hydrogens (tertiary/aromatic N) is 2. The van der Waals surface area contributed by atoms with Gasteiger partial charge >= 0.3 is 0 Å². The van der Waals surface area contributed by atoms with Gasteiger partial charge in [0.05, 0.1) is 6.54 Å². The lowest BCUT2D eigenvalue weighted by molar-refractivity contribution is 0.392. The van der Waals surface area contributed by atoms with Crippen LogP contribution in [0.3, 0.4) is 0 Å². The van der Waals surface area contributed by atoms with Crippen molar-refractivity contribution in [2.24, 2.45) is 0 Å². The molecule has 0 saturated heterocycles. The smallest absolute Gasteiger partial charge is 0.120 e. The molecule has 0 bridgehead atoms. The minimum Gasteiger partial charge on any atom is -0.348 e. The number of nitrogens with one attached hydrogen (secondary N) is 1. The van der Waals surface area contributed by atoms with Gasteiger partial charge in [0.15, 0.2) is 0 Å². The number of aromatic nitrogens is 2. The normalized spacial score (nSPS) is 9.18. The summed E-state index contributed by atoms with van der Waals surface area (Å²) in [7, 11) is 4.03. The van der Waals surface area contributed by atoms with Crippen molar-refractivity contribution in [1.82, 2.24) is 14.9 Å². The van der Waals surface area contributed by atoms with Gasteiger partial charge in [-0.25, -0.2) is 4.98 Å². The van der Waals surface area contributed by atoms with Crippen molar-refractivity contribution in [3.05, 3.63) is 18.2 Å². The Morgan fingerprint density at radius 1 is 1.45 bits per heavy atom. The standard InChI is InChI=1S/C6H11N3.C2H6/c1-9(2)5-6-7-3-4-8-6;1-2/h3-4H,5H2,1-2H3,(H,7,8);1-2H3. The highest BCUT2D eigenvalue weighted by Crippen LogP contribution is 1.90. The Kier molecular flexibility index (Phi) is 5.47. The molecule has 3 heteroatoms. The van der Waals surface area contributed by atoms with Crippen molar-refractivity contribution in [3.8, 4) is 0 Å². The molecule has 11 heavy (non-hydrogen) atoms. The van der Waals surface area contributed by atoms with E-state index in [-0.39, 0.29) is 0 Å². The van der Waals surface area contributed by atoms with Gasteiger partial charge in [-0.15, -0.1) is 0 Å². The minimum atomic E-state index is 0.882. The zero-order chi connectivity index (χ0) is 8.69. The first kappa shape index (κ1) is 10.2. The fourth-order valence-electron chi connectivity index (χ4n) is 0.684. The fourth-order valence-corrected chi connectivity index (χ4v) is 0.684. The molecule has 0 amide bonds. The van der Waals surface area contributed by atoms with Gasteiger partial charge in [0.25, 0.3) is 0 Å². The largest absolute Gasteiger partial charge is 0.348 e. The van der Waals surface area contributed by atoms with Gasteiger partial charge in [-0.05, 0) is 14.1 Å². The van der Waals surface area contributed by atoms with Crippen LogP contribution in [0.25, 0.3) is 0 Å². The molecule has 1 aromatic heterocycles. The van der Waals surface area contributed by atoms with Crippen LogP contribution in [0.5, 0.6) is 0 Å². The highest BCUT2D eigenvalue weighted by Gasteiger charge is 1.93. The van der Waals surface area contributed by atoms with Crippen molar-refractivity contribution in [3.63, 3.8) is 0 Å². The number of H-pyrrole nitrogens is 1.